The SMILES string of the molecule is CC1(CNc2ccccc2C#N)CCCCC1. The monoisotopic (exact) mass is 228 g/mol. The van der Waals surface area contributed by atoms with Crippen molar-refractivity contribution < 1.29 is 0 Å². The highest BCUT2D eigenvalue weighted by Gasteiger charge is 2.26. The maximum absolute atomic E-state index is 9.03. The molecule has 0 aromatic heterocycles. The molecule has 2 rings (SSSR count). The van der Waals surface area contributed by atoms with Gasteiger partial charge in [0.2, 0.25) is 0 Å². The Balaban J connectivity index is 2.00. The van der Waals surface area contributed by atoms with Crippen LogP contribution in [0.2, 0.25) is 0 Å². The van der Waals surface area contributed by atoms with Crippen LogP contribution in [-0.2, 0) is 0 Å². The molecule has 1 aliphatic rings. The first-order valence-electron chi connectivity index (χ1n) is 6.47. The second-order valence-electron chi connectivity index (χ2n) is 5.38. The summed E-state index contributed by atoms with van der Waals surface area (Å²) in [5.74, 6) is 0. The molecule has 90 valence electrons. The van der Waals surface area contributed by atoms with E-state index >= 15 is 0 Å². The topological polar surface area (TPSA) is 35.8 Å². The molecule has 0 atom stereocenters. The summed E-state index contributed by atoms with van der Waals surface area (Å²) >= 11 is 0. The van der Waals surface area contributed by atoms with Crippen LogP contribution in [-0.4, -0.2) is 6.54 Å². The van der Waals surface area contributed by atoms with Gasteiger partial charge >= 0.3 is 0 Å². The fourth-order valence-corrected chi connectivity index (χ4v) is 2.63. The summed E-state index contributed by atoms with van der Waals surface area (Å²) in [6, 6.07) is 9.98. The van der Waals surface area contributed by atoms with E-state index in [0.29, 0.717) is 5.41 Å². The second kappa shape index (κ2) is 5.23. The van der Waals surface area contributed by atoms with Crippen LogP contribution in [0.4, 0.5) is 5.69 Å². The van der Waals surface area contributed by atoms with Gasteiger partial charge in [-0.25, -0.2) is 0 Å². The van der Waals surface area contributed by atoms with Crippen LogP contribution in [0.5, 0.6) is 0 Å². The zero-order chi connectivity index (χ0) is 12.1. The predicted octanol–water partition coefficient (Wildman–Crippen LogP) is 3.94. The number of para-hydroxylation sites is 1. The third-order valence-electron chi connectivity index (χ3n) is 3.81. The van der Waals surface area contributed by atoms with Gasteiger partial charge < -0.3 is 5.32 Å². The lowest BCUT2D eigenvalue weighted by Crippen LogP contribution is -2.29. The highest BCUT2D eigenvalue weighted by atomic mass is 14.9. The van der Waals surface area contributed by atoms with E-state index in [2.05, 4.69) is 18.3 Å². The Hall–Kier alpha value is -1.49. The van der Waals surface area contributed by atoms with E-state index in [-0.39, 0.29) is 0 Å². The molecule has 0 heterocycles. The number of nitrogens with zero attached hydrogens (tertiary/aromatic N) is 1. The van der Waals surface area contributed by atoms with Crippen LogP contribution >= 0.6 is 0 Å². The van der Waals surface area contributed by atoms with Gasteiger partial charge in [-0.3, -0.25) is 0 Å². The normalized spacial score (nSPS) is 18.4. The molecule has 0 unspecified atom stereocenters. The number of benzene rings is 1. The Kier molecular flexibility index (Phi) is 3.68. The molecule has 1 aromatic rings. The maximum Gasteiger partial charge on any atom is 0.101 e. The number of nitrogens with one attached hydrogen (secondary N) is 1. The molecule has 0 saturated heterocycles. The fourth-order valence-electron chi connectivity index (χ4n) is 2.63. The molecule has 0 radical (unpaired) electrons. The Morgan fingerprint density at radius 2 is 1.94 bits per heavy atom. The third kappa shape index (κ3) is 3.00. The van der Waals surface area contributed by atoms with E-state index in [1.807, 2.05) is 24.3 Å². The molecule has 0 amide bonds. The van der Waals surface area contributed by atoms with Crippen LogP contribution < -0.4 is 5.32 Å². The molecule has 2 heteroatoms. The first-order chi connectivity index (χ1) is 8.23. The molecule has 1 N–H and O–H groups in total. The van der Waals surface area contributed by atoms with E-state index < -0.39 is 0 Å². The summed E-state index contributed by atoms with van der Waals surface area (Å²) < 4.78 is 0. The average Bonchev–Trinajstić information content (AvgIpc) is 2.38. The number of rotatable bonds is 3. The predicted molar refractivity (Wildman–Crippen MR) is 70.8 cm³/mol. The number of hydrogen-bond acceptors (Lipinski definition) is 2. The summed E-state index contributed by atoms with van der Waals surface area (Å²) in [5, 5.41) is 12.5. The molecule has 1 saturated carbocycles. The third-order valence-corrected chi connectivity index (χ3v) is 3.81. The fraction of sp³-hybridized carbons (Fsp3) is 0.533. The molecule has 17 heavy (non-hydrogen) atoms. The minimum absolute atomic E-state index is 0.404. The van der Waals surface area contributed by atoms with Gasteiger partial charge in [0.1, 0.15) is 6.07 Å². The molecule has 2 nitrogen and oxygen atoms in total. The Morgan fingerprint density at radius 1 is 1.24 bits per heavy atom. The Labute approximate surface area is 104 Å². The second-order valence-corrected chi connectivity index (χ2v) is 5.38. The highest BCUT2D eigenvalue weighted by molar-refractivity contribution is 5.57. The van der Waals surface area contributed by atoms with Gasteiger partial charge in [-0.2, -0.15) is 5.26 Å². The van der Waals surface area contributed by atoms with E-state index in [0.717, 1.165) is 17.8 Å². The van der Waals surface area contributed by atoms with Gasteiger partial charge in [-0.1, -0.05) is 38.3 Å². The lowest BCUT2D eigenvalue weighted by molar-refractivity contribution is 0.233. The van der Waals surface area contributed by atoms with E-state index in [1.165, 1.54) is 32.1 Å². The van der Waals surface area contributed by atoms with Gasteiger partial charge in [-0.05, 0) is 30.4 Å². The van der Waals surface area contributed by atoms with Crippen molar-refractivity contribution in [1.29, 1.82) is 5.26 Å². The van der Waals surface area contributed by atoms with Crippen LogP contribution in [0.25, 0.3) is 0 Å². The molecule has 1 aliphatic carbocycles. The minimum atomic E-state index is 0.404. The number of hydrogen-bond donors (Lipinski definition) is 1. The quantitative estimate of drug-likeness (QED) is 0.850. The van der Waals surface area contributed by atoms with Gasteiger partial charge in [0.15, 0.2) is 0 Å². The zero-order valence-corrected chi connectivity index (χ0v) is 10.5. The van der Waals surface area contributed by atoms with Gasteiger partial charge in [-0.15, -0.1) is 0 Å². The van der Waals surface area contributed by atoms with E-state index in [9.17, 15) is 0 Å². The van der Waals surface area contributed by atoms with Crippen LogP contribution in [0.3, 0.4) is 0 Å². The molecule has 1 aromatic carbocycles. The molecule has 0 aliphatic heterocycles. The Morgan fingerprint density at radius 3 is 2.65 bits per heavy atom. The lowest BCUT2D eigenvalue weighted by Gasteiger charge is -2.34. The van der Waals surface area contributed by atoms with Crippen LogP contribution in [0, 0.1) is 16.7 Å². The summed E-state index contributed by atoms with van der Waals surface area (Å²) in [6.07, 6.45) is 6.67. The lowest BCUT2D eigenvalue weighted by atomic mass is 9.75. The molecular formula is C15H20N2. The van der Waals surface area contributed by atoms with Crippen molar-refractivity contribution in [3.8, 4) is 6.07 Å². The van der Waals surface area contributed by atoms with E-state index in [4.69, 9.17) is 5.26 Å². The minimum Gasteiger partial charge on any atom is -0.383 e. The van der Waals surface area contributed by atoms with Crippen LogP contribution in [0.15, 0.2) is 24.3 Å². The number of anilines is 1. The summed E-state index contributed by atoms with van der Waals surface area (Å²) in [6.45, 7) is 3.33. The average molecular weight is 228 g/mol. The highest BCUT2D eigenvalue weighted by Crippen LogP contribution is 2.35. The van der Waals surface area contributed by atoms with Crippen LogP contribution in [0.1, 0.15) is 44.6 Å². The van der Waals surface area contributed by atoms with Crippen molar-refractivity contribution in [2.45, 2.75) is 39.0 Å². The standard InChI is InChI=1S/C15H20N2/c1-15(9-5-2-6-10-15)12-17-14-8-4-3-7-13(14)11-16/h3-4,7-8,17H,2,5-6,9-10,12H2,1H3. The van der Waals surface area contributed by atoms with Gasteiger partial charge in [0, 0.05) is 6.54 Å². The molecular weight excluding hydrogens is 208 g/mol. The Bertz CT molecular complexity index is 411. The molecule has 1 fully saturated rings. The summed E-state index contributed by atoms with van der Waals surface area (Å²) in [7, 11) is 0. The maximum atomic E-state index is 9.03. The summed E-state index contributed by atoms with van der Waals surface area (Å²) in [5.41, 5.74) is 2.12. The smallest absolute Gasteiger partial charge is 0.101 e. The van der Waals surface area contributed by atoms with Crippen molar-refractivity contribution in [3.05, 3.63) is 29.8 Å². The van der Waals surface area contributed by atoms with Crippen molar-refractivity contribution in [2.75, 3.05) is 11.9 Å². The van der Waals surface area contributed by atoms with Crippen molar-refractivity contribution in [3.63, 3.8) is 0 Å². The first kappa shape index (κ1) is 12.0. The zero-order valence-electron chi connectivity index (χ0n) is 10.5. The summed E-state index contributed by atoms with van der Waals surface area (Å²) in [4.78, 5) is 0. The van der Waals surface area contributed by atoms with Crippen molar-refractivity contribution in [2.24, 2.45) is 5.41 Å². The van der Waals surface area contributed by atoms with E-state index in [1.54, 1.807) is 0 Å². The molecule has 0 bridgehead atoms. The molecule has 0 spiro atoms. The largest absolute Gasteiger partial charge is 0.383 e. The van der Waals surface area contributed by atoms with Crippen molar-refractivity contribution in [1.82, 2.24) is 0 Å². The van der Waals surface area contributed by atoms with Gasteiger partial charge in [0.25, 0.3) is 0 Å². The number of nitriles is 1. The first-order valence-corrected chi connectivity index (χ1v) is 6.47. The van der Waals surface area contributed by atoms with Gasteiger partial charge in [0.05, 0.1) is 11.3 Å². The van der Waals surface area contributed by atoms with Crippen molar-refractivity contribution >= 4 is 5.69 Å².